The Bertz CT molecular complexity index is 205. The molecule has 0 spiro atoms. The van der Waals surface area contributed by atoms with E-state index in [-0.39, 0.29) is 12.5 Å². The highest BCUT2D eigenvalue weighted by molar-refractivity contribution is 5.77. The van der Waals surface area contributed by atoms with E-state index >= 15 is 0 Å². The van der Waals surface area contributed by atoms with E-state index in [0.717, 1.165) is 6.54 Å². The number of carbonyl (C=O) groups is 1. The Hall–Kier alpha value is -0.570. The third-order valence-electron chi connectivity index (χ3n) is 3.19. The summed E-state index contributed by atoms with van der Waals surface area (Å²) in [6, 6.07) is 0.355. The first-order chi connectivity index (χ1) is 6.56. The smallest absolute Gasteiger partial charge is 0.248 e. The number of ether oxygens (including phenoxy) is 1. The maximum atomic E-state index is 11.7. The van der Waals surface area contributed by atoms with Gasteiger partial charge in [0.1, 0.15) is 6.61 Å². The molecule has 0 saturated carbocycles. The van der Waals surface area contributed by atoms with Crippen molar-refractivity contribution in [3.05, 3.63) is 0 Å². The molecular weight excluding hydrogens is 178 g/mol. The zero-order valence-corrected chi connectivity index (χ0v) is 9.62. The lowest BCUT2D eigenvalue weighted by Crippen LogP contribution is -2.50. The fourth-order valence-corrected chi connectivity index (χ4v) is 2.25. The zero-order valence-electron chi connectivity index (χ0n) is 9.62. The van der Waals surface area contributed by atoms with E-state index in [0.29, 0.717) is 17.9 Å². The third-order valence-corrected chi connectivity index (χ3v) is 3.19. The van der Waals surface area contributed by atoms with Crippen molar-refractivity contribution >= 4 is 5.91 Å². The van der Waals surface area contributed by atoms with Gasteiger partial charge in [0.15, 0.2) is 0 Å². The molecule has 1 aliphatic heterocycles. The fourth-order valence-electron chi connectivity index (χ4n) is 2.25. The summed E-state index contributed by atoms with van der Waals surface area (Å²) in [4.78, 5) is 13.7. The van der Waals surface area contributed by atoms with Crippen LogP contribution in [0.1, 0.15) is 27.2 Å². The maximum absolute atomic E-state index is 11.7. The van der Waals surface area contributed by atoms with Crippen LogP contribution in [0, 0.1) is 11.8 Å². The fraction of sp³-hybridized carbons (Fsp3) is 0.909. The van der Waals surface area contributed by atoms with Crippen LogP contribution in [0.2, 0.25) is 0 Å². The van der Waals surface area contributed by atoms with Gasteiger partial charge in [0.25, 0.3) is 0 Å². The average Bonchev–Trinajstić information content (AvgIpc) is 2.11. The van der Waals surface area contributed by atoms with Crippen LogP contribution in [0.25, 0.3) is 0 Å². The topological polar surface area (TPSA) is 29.5 Å². The molecule has 3 nitrogen and oxygen atoms in total. The Kier molecular flexibility index (Phi) is 3.93. The predicted octanol–water partition coefficient (Wildman–Crippen LogP) is 1.53. The monoisotopic (exact) mass is 199 g/mol. The summed E-state index contributed by atoms with van der Waals surface area (Å²) in [6.07, 6.45) is 1.22. The lowest BCUT2D eigenvalue weighted by molar-refractivity contribution is -0.141. The van der Waals surface area contributed by atoms with Crippen molar-refractivity contribution in [2.75, 3.05) is 20.3 Å². The second-order valence-corrected chi connectivity index (χ2v) is 4.54. The van der Waals surface area contributed by atoms with Gasteiger partial charge in [0.2, 0.25) is 5.91 Å². The van der Waals surface area contributed by atoms with Crippen LogP contribution in [-0.4, -0.2) is 37.1 Å². The van der Waals surface area contributed by atoms with E-state index in [1.54, 1.807) is 7.11 Å². The number of nitrogens with zero attached hydrogens (tertiary/aromatic N) is 1. The highest BCUT2D eigenvalue weighted by Gasteiger charge is 2.31. The number of hydrogen-bond donors (Lipinski definition) is 0. The first-order valence-electron chi connectivity index (χ1n) is 5.34. The lowest BCUT2D eigenvalue weighted by atomic mass is 9.86. The van der Waals surface area contributed by atoms with E-state index in [4.69, 9.17) is 4.74 Å². The van der Waals surface area contributed by atoms with Crippen LogP contribution in [0.4, 0.5) is 0 Å². The van der Waals surface area contributed by atoms with Crippen LogP contribution < -0.4 is 0 Å². The van der Waals surface area contributed by atoms with E-state index in [9.17, 15) is 4.79 Å². The molecule has 0 aromatic rings. The number of likely N-dealkylation sites (tertiary alicyclic amines) is 1. The van der Waals surface area contributed by atoms with Gasteiger partial charge in [-0.3, -0.25) is 4.79 Å². The number of carbonyl (C=O) groups excluding carboxylic acids is 1. The summed E-state index contributed by atoms with van der Waals surface area (Å²) < 4.78 is 4.88. The quantitative estimate of drug-likeness (QED) is 0.675. The van der Waals surface area contributed by atoms with Gasteiger partial charge in [-0.25, -0.2) is 0 Å². The molecule has 1 fully saturated rings. The normalized spacial score (nSPS) is 33.1. The Morgan fingerprint density at radius 2 is 2.07 bits per heavy atom. The second kappa shape index (κ2) is 4.78. The number of piperidine rings is 1. The highest BCUT2D eigenvalue weighted by Crippen LogP contribution is 2.26. The SMILES string of the molecule is COCC(=O)N1CC(C)CC(C)C1C. The number of amides is 1. The first kappa shape index (κ1) is 11.5. The van der Waals surface area contributed by atoms with Crippen LogP contribution in [-0.2, 0) is 9.53 Å². The molecule has 3 heteroatoms. The molecule has 0 aromatic carbocycles. The van der Waals surface area contributed by atoms with Crippen molar-refractivity contribution in [1.29, 1.82) is 0 Å². The summed E-state index contributed by atoms with van der Waals surface area (Å²) in [5, 5.41) is 0. The third kappa shape index (κ3) is 2.47. The largest absolute Gasteiger partial charge is 0.375 e. The molecule has 1 rings (SSSR count). The molecule has 0 aromatic heterocycles. The number of rotatable bonds is 2. The van der Waals surface area contributed by atoms with Gasteiger partial charge in [0.05, 0.1) is 0 Å². The summed E-state index contributed by atoms with van der Waals surface area (Å²) in [5.74, 6) is 1.33. The summed E-state index contributed by atoms with van der Waals surface area (Å²) in [7, 11) is 1.57. The number of hydrogen-bond acceptors (Lipinski definition) is 2. The molecular formula is C11H21NO2. The Labute approximate surface area is 86.4 Å². The highest BCUT2D eigenvalue weighted by atomic mass is 16.5. The van der Waals surface area contributed by atoms with Crippen molar-refractivity contribution in [3.63, 3.8) is 0 Å². The van der Waals surface area contributed by atoms with E-state index < -0.39 is 0 Å². The minimum atomic E-state index is 0.124. The number of methoxy groups -OCH3 is 1. The average molecular weight is 199 g/mol. The van der Waals surface area contributed by atoms with Crippen LogP contribution in [0.3, 0.4) is 0 Å². The van der Waals surface area contributed by atoms with Gasteiger partial charge in [0, 0.05) is 19.7 Å². The molecule has 1 aliphatic rings. The molecule has 0 radical (unpaired) electrons. The molecule has 14 heavy (non-hydrogen) atoms. The first-order valence-corrected chi connectivity index (χ1v) is 5.34. The van der Waals surface area contributed by atoms with E-state index in [2.05, 4.69) is 20.8 Å². The Morgan fingerprint density at radius 3 is 2.64 bits per heavy atom. The molecule has 1 amide bonds. The Balaban J connectivity index is 2.61. The molecule has 1 heterocycles. The van der Waals surface area contributed by atoms with Crippen molar-refractivity contribution in [2.45, 2.75) is 33.2 Å². The standard InChI is InChI=1S/C11H21NO2/c1-8-5-9(2)10(3)12(6-8)11(13)7-14-4/h8-10H,5-7H2,1-4H3. The van der Waals surface area contributed by atoms with Crippen LogP contribution in [0.15, 0.2) is 0 Å². The second-order valence-electron chi connectivity index (χ2n) is 4.54. The molecule has 3 unspecified atom stereocenters. The van der Waals surface area contributed by atoms with Crippen molar-refractivity contribution in [1.82, 2.24) is 4.90 Å². The van der Waals surface area contributed by atoms with Crippen LogP contribution in [0.5, 0.6) is 0 Å². The van der Waals surface area contributed by atoms with E-state index in [1.807, 2.05) is 4.90 Å². The summed E-state index contributed by atoms with van der Waals surface area (Å²) >= 11 is 0. The maximum Gasteiger partial charge on any atom is 0.248 e. The zero-order chi connectivity index (χ0) is 10.7. The van der Waals surface area contributed by atoms with E-state index in [1.165, 1.54) is 6.42 Å². The van der Waals surface area contributed by atoms with Crippen LogP contribution >= 0.6 is 0 Å². The summed E-state index contributed by atoms with van der Waals surface area (Å²) in [6.45, 7) is 7.64. The van der Waals surface area contributed by atoms with Crippen molar-refractivity contribution in [2.24, 2.45) is 11.8 Å². The molecule has 82 valence electrons. The predicted molar refractivity (Wildman–Crippen MR) is 56.0 cm³/mol. The lowest BCUT2D eigenvalue weighted by Gasteiger charge is -2.41. The van der Waals surface area contributed by atoms with Gasteiger partial charge >= 0.3 is 0 Å². The van der Waals surface area contributed by atoms with Gasteiger partial charge < -0.3 is 9.64 Å². The van der Waals surface area contributed by atoms with Gasteiger partial charge in [-0.2, -0.15) is 0 Å². The Morgan fingerprint density at radius 1 is 1.43 bits per heavy atom. The molecule has 3 atom stereocenters. The van der Waals surface area contributed by atoms with Gasteiger partial charge in [-0.05, 0) is 25.2 Å². The van der Waals surface area contributed by atoms with Crippen molar-refractivity contribution < 1.29 is 9.53 Å². The minimum absolute atomic E-state index is 0.124. The molecule has 1 saturated heterocycles. The van der Waals surface area contributed by atoms with Crippen molar-refractivity contribution in [3.8, 4) is 0 Å². The summed E-state index contributed by atoms with van der Waals surface area (Å²) in [5.41, 5.74) is 0. The molecule has 0 bridgehead atoms. The molecule has 0 N–H and O–H groups in total. The van der Waals surface area contributed by atoms with Gasteiger partial charge in [-0.1, -0.05) is 13.8 Å². The minimum Gasteiger partial charge on any atom is -0.375 e. The van der Waals surface area contributed by atoms with Gasteiger partial charge in [-0.15, -0.1) is 0 Å². The molecule has 0 aliphatic carbocycles.